The molecule has 0 atom stereocenters. The average Bonchev–Trinajstić information content (AvgIpc) is 2.29. The van der Waals surface area contributed by atoms with Gasteiger partial charge in [-0.25, -0.2) is 13.1 Å². The molecule has 0 bridgehead atoms. The van der Waals surface area contributed by atoms with Crippen LogP contribution in [-0.4, -0.2) is 20.7 Å². The fourth-order valence-electron chi connectivity index (χ4n) is 1.13. The number of sulfonamides is 1. The topological polar surface area (TPSA) is 63.2 Å². The van der Waals surface area contributed by atoms with Gasteiger partial charge in [-0.15, -0.1) is 0 Å². The lowest BCUT2D eigenvalue weighted by molar-refractivity contribution is -0.120. The van der Waals surface area contributed by atoms with Crippen molar-refractivity contribution in [3.63, 3.8) is 0 Å². The van der Waals surface area contributed by atoms with E-state index in [2.05, 4.69) is 4.72 Å². The van der Waals surface area contributed by atoms with Crippen LogP contribution in [0.15, 0.2) is 23.1 Å². The number of nitrogens with one attached hydrogen (secondary N) is 1. The fourth-order valence-corrected chi connectivity index (χ4v) is 2.88. The predicted molar refractivity (Wildman–Crippen MR) is 71.5 cm³/mol. The molecule has 1 aromatic rings. The standard InChI is InChI=1S/C11H13Cl2NO3S/c1-7(2)10(15)6-14-18(16,17)11-5-8(12)3-4-9(11)13/h3-5,7,14H,6H2,1-2H3. The van der Waals surface area contributed by atoms with Crippen LogP contribution in [0.25, 0.3) is 0 Å². The zero-order chi connectivity index (χ0) is 13.9. The Kier molecular flexibility index (Phi) is 5.16. The molecule has 0 fully saturated rings. The van der Waals surface area contributed by atoms with E-state index in [1.54, 1.807) is 13.8 Å². The molecule has 0 aliphatic rings. The molecule has 0 saturated heterocycles. The monoisotopic (exact) mass is 309 g/mol. The highest BCUT2D eigenvalue weighted by atomic mass is 35.5. The molecule has 4 nitrogen and oxygen atoms in total. The Morgan fingerprint density at radius 2 is 1.94 bits per heavy atom. The van der Waals surface area contributed by atoms with E-state index in [1.165, 1.54) is 18.2 Å². The minimum Gasteiger partial charge on any atom is -0.298 e. The molecule has 18 heavy (non-hydrogen) atoms. The van der Waals surface area contributed by atoms with E-state index >= 15 is 0 Å². The van der Waals surface area contributed by atoms with E-state index in [-0.39, 0.29) is 33.2 Å². The molecule has 7 heteroatoms. The van der Waals surface area contributed by atoms with Gasteiger partial charge in [0.25, 0.3) is 0 Å². The van der Waals surface area contributed by atoms with E-state index in [1.807, 2.05) is 0 Å². The van der Waals surface area contributed by atoms with Gasteiger partial charge in [-0.05, 0) is 18.2 Å². The number of halogens is 2. The number of carbonyl (C=O) groups excluding carboxylic acids is 1. The second-order valence-electron chi connectivity index (χ2n) is 4.02. The molecule has 0 aliphatic heterocycles. The van der Waals surface area contributed by atoms with Gasteiger partial charge in [-0.3, -0.25) is 4.79 Å². The third kappa shape index (κ3) is 3.95. The Bertz CT molecular complexity index is 555. The predicted octanol–water partition coefficient (Wildman–Crippen LogP) is 2.50. The van der Waals surface area contributed by atoms with Crippen molar-refractivity contribution in [2.45, 2.75) is 18.7 Å². The maximum Gasteiger partial charge on any atom is 0.242 e. The van der Waals surface area contributed by atoms with Crippen LogP contribution >= 0.6 is 23.2 Å². The van der Waals surface area contributed by atoms with Crippen molar-refractivity contribution in [1.82, 2.24) is 4.72 Å². The molecule has 1 rings (SSSR count). The Labute approximate surface area is 116 Å². The zero-order valence-corrected chi connectivity index (χ0v) is 12.2. The van der Waals surface area contributed by atoms with Gasteiger partial charge >= 0.3 is 0 Å². The summed E-state index contributed by atoms with van der Waals surface area (Å²) in [6.07, 6.45) is 0. The number of benzene rings is 1. The van der Waals surface area contributed by atoms with Crippen molar-refractivity contribution in [1.29, 1.82) is 0 Å². The third-order valence-corrected chi connectivity index (χ3v) is 4.38. The van der Waals surface area contributed by atoms with E-state index < -0.39 is 10.0 Å². The van der Waals surface area contributed by atoms with Gasteiger partial charge in [-0.1, -0.05) is 37.0 Å². The normalized spacial score (nSPS) is 11.8. The van der Waals surface area contributed by atoms with Crippen molar-refractivity contribution in [2.75, 3.05) is 6.54 Å². The largest absolute Gasteiger partial charge is 0.298 e. The molecule has 0 spiro atoms. The van der Waals surface area contributed by atoms with Gasteiger partial charge in [0, 0.05) is 10.9 Å². The molecule has 0 saturated carbocycles. The first kappa shape index (κ1) is 15.4. The van der Waals surface area contributed by atoms with Crippen molar-refractivity contribution < 1.29 is 13.2 Å². The maximum atomic E-state index is 11.9. The van der Waals surface area contributed by atoms with Crippen LogP contribution in [0, 0.1) is 5.92 Å². The Morgan fingerprint density at radius 3 is 2.50 bits per heavy atom. The second kappa shape index (κ2) is 6.02. The quantitative estimate of drug-likeness (QED) is 0.909. The lowest BCUT2D eigenvalue weighted by Crippen LogP contribution is -2.31. The maximum absolute atomic E-state index is 11.9. The van der Waals surface area contributed by atoms with Crippen molar-refractivity contribution in [2.24, 2.45) is 5.92 Å². The molecule has 0 aromatic heterocycles. The molecular formula is C11H13Cl2NO3S. The molecule has 0 aliphatic carbocycles. The summed E-state index contributed by atoms with van der Waals surface area (Å²) < 4.78 is 26.1. The highest BCUT2D eigenvalue weighted by Gasteiger charge is 2.20. The fraction of sp³-hybridized carbons (Fsp3) is 0.364. The summed E-state index contributed by atoms with van der Waals surface area (Å²) in [5.74, 6) is -0.431. The summed E-state index contributed by atoms with van der Waals surface area (Å²) in [4.78, 5) is 11.3. The second-order valence-corrected chi connectivity index (χ2v) is 6.60. The van der Waals surface area contributed by atoms with Crippen molar-refractivity contribution in [3.8, 4) is 0 Å². The SMILES string of the molecule is CC(C)C(=O)CNS(=O)(=O)c1cc(Cl)ccc1Cl. The number of ketones is 1. The summed E-state index contributed by atoms with van der Waals surface area (Å²) in [7, 11) is -3.83. The molecule has 0 heterocycles. The van der Waals surface area contributed by atoms with Crippen LogP contribution in [0.1, 0.15) is 13.8 Å². The molecule has 0 unspecified atom stereocenters. The van der Waals surface area contributed by atoms with Crippen molar-refractivity contribution in [3.05, 3.63) is 28.2 Å². The van der Waals surface area contributed by atoms with Crippen LogP contribution in [-0.2, 0) is 14.8 Å². The van der Waals surface area contributed by atoms with Gasteiger partial charge in [0.1, 0.15) is 10.7 Å². The lowest BCUT2D eigenvalue weighted by Gasteiger charge is -2.09. The third-order valence-electron chi connectivity index (χ3n) is 2.26. The molecule has 0 amide bonds. The van der Waals surface area contributed by atoms with Crippen LogP contribution in [0.3, 0.4) is 0 Å². The van der Waals surface area contributed by atoms with Crippen molar-refractivity contribution >= 4 is 39.0 Å². The first-order valence-corrected chi connectivity index (χ1v) is 7.45. The summed E-state index contributed by atoms with van der Waals surface area (Å²) >= 11 is 11.5. The number of Topliss-reactive ketones (excluding diaryl/α,β-unsaturated/α-hetero) is 1. The first-order valence-electron chi connectivity index (χ1n) is 5.21. The minimum atomic E-state index is -3.83. The first-order chi connectivity index (χ1) is 8.24. The smallest absolute Gasteiger partial charge is 0.242 e. The van der Waals surface area contributed by atoms with Gasteiger partial charge < -0.3 is 0 Å². The van der Waals surface area contributed by atoms with Crippen LogP contribution in [0.4, 0.5) is 0 Å². The highest BCUT2D eigenvalue weighted by Crippen LogP contribution is 2.24. The van der Waals surface area contributed by atoms with Gasteiger partial charge in [-0.2, -0.15) is 0 Å². The Balaban J connectivity index is 2.93. The number of rotatable bonds is 5. The molecular weight excluding hydrogens is 297 g/mol. The van der Waals surface area contributed by atoms with Gasteiger partial charge in [0.05, 0.1) is 11.6 Å². The zero-order valence-electron chi connectivity index (χ0n) is 9.91. The lowest BCUT2D eigenvalue weighted by atomic mass is 10.1. The highest BCUT2D eigenvalue weighted by molar-refractivity contribution is 7.89. The van der Waals surface area contributed by atoms with Crippen LogP contribution < -0.4 is 4.72 Å². The number of carbonyl (C=O) groups is 1. The Morgan fingerprint density at radius 1 is 1.33 bits per heavy atom. The van der Waals surface area contributed by atoms with Crippen LogP contribution in [0.2, 0.25) is 10.0 Å². The Hall–Kier alpha value is -0.620. The number of hydrogen-bond acceptors (Lipinski definition) is 3. The summed E-state index contributed by atoms with van der Waals surface area (Å²) in [6.45, 7) is 3.13. The molecule has 1 aromatic carbocycles. The molecule has 100 valence electrons. The van der Waals surface area contributed by atoms with Gasteiger partial charge in [0.2, 0.25) is 10.0 Å². The summed E-state index contributed by atoms with van der Waals surface area (Å²) in [5.41, 5.74) is 0. The average molecular weight is 310 g/mol. The van der Waals surface area contributed by atoms with E-state index in [9.17, 15) is 13.2 Å². The minimum absolute atomic E-state index is 0.0592. The molecule has 0 radical (unpaired) electrons. The summed E-state index contributed by atoms with van der Waals surface area (Å²) in [5, 5.41) is 0.318. The van der Waals surface area contributed by atoms with Gasteiger partial charge in [0.15, 0.2) is 0 Å². The van der Waals surface area contributed by atoms with E-state index in [4.69, 9.17) is 23.2 Å². The summed E-state index contributed by atoms with van der Waals surface area (Å²) in [6, 6.07) is 4.12. The molecule has 1 N–H and O–H groups in total. The van der Waals surface area contributed by atoms with E-state index in [0.717, 1.165) is 0 Å². The van der Waals surface area contributed by atoms with Crippen LogP contribution in [0.5, 0.6) is 0 Å². The number of hydrogen-bond donors (Lipinski definition) is 1. The van der Waals surface area contributed by atoms with E-state index in [0.29, 0.717) is 0 Å².